The number of hydrogen-bond donors (Lipinski definition) is 0. The lowest BCUT2D eigenvalue weighted by Gasteiger charge is -2.06. The minimum atomic E-state index is 0.361. The Morgan fingerprint density at radius 1 is 1.05 bits per heavy atom. The molecule has 0 amide bonds. The SMILES string of the molecule is Cc1nc(-c2nc(Cl)c3c(Cl)ccc(C)c3n2)cs1. The first-order valence-corrected chi connectivity index (χ1v) is 7.24. The van der Waals surface area contributed by atoms with Crippen molar-refractivity contribution in [2.45, 2.75) is 13.8 Å². The highest BCUT2D eigenvalue weighted by molar-refractivity contribution is 7.09. The molecule has 0 saturated heterocycles. The summed E-state index contributed by atoms with van der Waals surface area (Å²) in [4.78, 5) is 13.2. The Bertz CT molecular complexity index is 783. The van der Waals surface area contributed by atoms with Gasteiger partial charge in [0.1, 0.15) is 10.8 Å². The Morgan fingerprint density at radius 2 is 1.84 bits per heavy atom. The third-order valence-corrected chi connectivity index (χ3v) is 4.17. The molecule has 0 fully saturated rings. The molecule has 96 valence electrons. The van der Waals surface area contributed by atoms with Crippen LogP contribution in [0.15, 0.2) is 17.5 Å². The molecule has 0 spiro atoms. The summed E-state index contributed by atoms with van der Waals surface area (Å²) >= 11 is 14.0. The van der Waals surface area contributed by atoms with Gasteiger partial charge in [0.05, 0.1) is 20.9 Å². The lowest BCUT2D eigenvalue weighted by molar-refractivity contribution is 1.17. The fourth-order valence-corrected chi connectivity index (χ4v) is 3.02. The lowest BCUT2D eigenvalue weighted by Crippen LogP contribution is -1.94. The molecule has 0 unspecified atom stereocenters. The van der Waals surface area contributed by atoms with E-state index in [-0.39, 0.29) is 0 Å². The fourth-order valence-electron chi connectivity index (χ4n) is 1.87. The first-order chi connectivity index (χ1) is 9.06. The molecule has 3 nitrogen and oxygen atoms in total. The fraction of sp³-hybridized carbons (Fsp3) is 0.154. The van der Waals surface area contributed by atoms with Crippen molar-refractivity contribution in [1.82, 2.24) is 15.0 Å². The van der Waals surface area contributed by atoms with Crippen LogP contribution in [0.5, 0.6) is 0 Å². The lowest BCUT2D eigenvalue weighted by atomic mass is 10.1. The van der Waals surface area contributed by atoms with Crippen LogP contribution in [0.25, 0.3) is 22.4 Å². The number of fused-ring (bicyclic) bond motifs is 1. The Hall–Kier alpha value is -1.23. The van der Waals surface area contributed by atoms with Crippen molar-refractivity contribution >= 4 is 45.4 Å². The summed E-state index contributed by atoms with van der Waals surface area (Å²) in [6, 6.07) is 3.73. The van der Waals surface area contributed by atoms with Gasteiger partial charge in [0.25, 0.3) is 0 Å². The summed E-state index contributed by atoms with van der Waals surface area (Å²) in [7, 11) is 0. The summed E-state index contributed by atoms with van der Waals surface area (Å²) in [6.45, 7) is 3.91. The van der Waals surface area contributed by atoms with Gasteiger partial charge in [-0.25, -0.2) is 15.0 Å². The predicted octanol–water partition coefficient (Wildman–Crippen LogP) is 4.68. The van der Waals surface area contributed by atoms with Crippen molar-refractivity contribution in [2.24, 2.45) is 0 Å². The molecule has 0 N–H and O–H groups in total. The molecule has 0 saturated carbocycles. The molecule has 0 bridgehead atoms. The average Bonchev–Trinajstić information content (AvgIpc) is 2.80. The molecule has 0 aliphatic rings. The number of rotatable bonds is 1. The maximum atomic E-state index is 6.24. The highest BCUT2D eigenvalue weighted by Crippen LogP contribution is 2.32. The van der Waals surface area contributed by atoms with Gasteiger partial charge in [-0.2, -0.15) is 0 Å². The predicted molar refractivity (Wildman–Crippen MR) is 80.1 cm³/mol. The number of benzene rings is 1. The number of aryl methyl sites for hydroxylation is 2. The van der Waals surface area contributed by atoms with E-state index < -0.39 is 0 Å². The Labute approximate surface area is 124 Å². The van der Waals surface area contributed by atoms with Crippen molar-refractivity contribution in [3.05, 3.63) is 38.3 Å². The summed E-state index contributed by atoms with van der Waals surface area (Å²) < 4.78 is 0. The van der Waals surface area contributed by atoms with Crippen molar-refractivity contribution in [3.63, 3.8) is 0 Å². The molecule has 2 heterocycles. The summed E-state index contributed by atoms with van der Waals surface area (Å²) in [5.74, 6) is 0.534. The van der Waals surface area contributed by atoms with Crippen molar-refractivity contribution < 1.29 is 0 Å². The third-order valence-electron chi connectivity index (χ3n) is 2.80. The summed E-state index contributed by atoms with van der Waals surface area (Å²) in [5, 5.41) is 4.51. The topological polar surface area (TPSA) is 38.7 Å². The van der Waals surface area contributed by atoms with Gasteiger partial charge >= 0.3 is 0 Å². The summed E-state index contributed by atoms with van der Waals surface area (Å²) in [6.07, 6.45) is 0. The van der Waals surface area contributed by atoms with Crippen LogP contribution in [0.4, 0.5) is 0 Å². The Balaban J connectivity index is 2.33. The first kappa shape index (κ1) is 12.8. The van der Waals surface area contributed by atoms with Gasteiger partial charge in [-0.05, 0) is 25.5 Å². The monoisotopic (exact) mass is 309 g/mol. The van der Waals surface area contributed by atoms with Gasteiger partial charge in [0, 0.05) is 5.38 Å². The number of aromatic nitrogens is 3. The second-order valence-corrected chi connectivity index (χ2v) is 6.01. The first-order valence-electron chi connectivity index (χ1n) is 5.61. The number of thiazole rings is 1. The molecule has 19 heavy (non-hydrogen) atoms. The Morgan fingerprint density at radius 3 is 2.53 bits per heavy atom. The standard InChI is InChI=1S/C13H9Cl2N3S/c1-6-3-4-8(14)10-11(6)17-13(18-12(10)15)9-5-19-7(2)16-9/h3-5H,1-2H3. The number of hydrogen-bond acceptors (Lipinski definition) is 4. The minimum absolute atomic E-state index is 0.361. The van der Waals surface area contributed by atoms with Crippen molar-refractivity contribution in [3.8, 4) is 11.5 Å². The zero-order chi connectivity index (χ0) is 13.6. The highest BCUT2D eigenvalue weighted by Gasteiger charge is 2.14. The average molecular weight is 310 g/mol. The zero-order valence-electron chi connectivity index (χ0n) is 10.2. The van der Waals surface area contributed by atoms with Crippen LogP contribution in [-0.2, 0) is 0 Å². The van der Waals surface area contributed by atoms with Crippen LogP contribution >= 0.6 is 34.5 Å². The molecule has 0 radical (unpaired) electrons. The van der Waals surface area contributed by atoms with E-state index in [1.807, 2.05) is 25.3 Å². The van der Waals surface area contributed by atoms with E-state index in [2.05, 4.69) is 15.0 Å². The molecule has 2 aromatic heterocycles. The maximum absolute atomic E-state index is 6.24. The van der Waals surface area contributed by atoms with Crippen LogP contribution < -0.4 is 0 Å². The molecule has 3 aromatic rings. The van der Waals surface area contributed by atoms with E-state index in [0.717, 1.165) is 21.8 Å². The Kier molecular flexibility index (Phi) is 3.17. The normalized spacial score (nSPS) is 11.2. The van der Waals surface area contributed by atoms with E-state index in [1.165, 1.54) is 0 Å². The molecule has 0 aliphatic carbocycles. The minimum Gasteiger partial charge on any atom is -0.238 e. The smallest absolute Gasteiger partial charge is 0.181 e. The number of halogens is 2. The highest BCUT2D eigenvalue weighted by atomic mass is 35.5. The van der Waals surface area contributed by atoms with E-state index in [1.54, 1.807) is 17.4 Å². The second-order valence-electron chi connectivity index (χ2n) is 4.18. The largest absolute Gasteiger partial charge is 0.238 e. The van der Waals surface area contributed by atoms with E-state index in [0.29, 0.717) is 21.4 Å². The van der Waals surface area contributed by atoms with Gasteiger partial charge in [0.15, 0.2) is 5.82 Å². The van der Waals surface area contributed by atoms with Gasteiger partial charge in [0.2, 0.25) is 0 Å². The molecular formula is C13H9Cl2N3S. The van der Waals surface area contributed by atoms with Crippen LogP contribution in [0.3, 0.4) is 0 Å². The van der Waals surface area contributed by atoms with E-state index in [4.69, 9.17) is 23.2 Å². The molecule has 1 aromatic carbocycles. The van der Waals surface area contributed by atoms with Gasteiger partial charge in [-0.3, -0.25) is 0 Å². The second kappa shape index (κ2) is 4.71. The van der Waals surface area contributed by atoms with Crippen LogP contribution in [0.2, 0.25) is 10.2 Å². The molecule has 3 rings (SSSR count). The van der Waals surface area contributed by atoms with Crippen LogP contribution in [-0.4, -0.2) is 15.0 Å². The molecular weight excluding hydrogens is 301 g/mol. The quantitative estimate of drug-likeness (QED) is 0.613. The maximum Gasteiger partial charge on any atom is 0.181 e. The molecule has 0 aliphatic heterocycles. The van der Waals surface area contributed by atoms with E-state index >= 15 is 0 Å². The molecule has 6 heteroatoms. The van der Waals surface area contributed by atoms with Crippen molar-refractivity contribution in [2.75, 3.05) is 0 Å². The summed E-state index contributed by atoms with van der Waals surface area (Å²) in [5.41, 5.74) is 2.52. The zero-order valence-corrected chi connectivity index (χ0v) is 12.6. The number of nitrogens with zero attached hydrogens (tertiary/aromatic N) is 3. The van der Waals surface area contributed by atoms with Gasteiger partial charge in [-0.1, -0.05) is 29.3 Å². The van der Waals surface area contributed by atoms with Crippen LogP contribution in [0, 0.1) is 13.8 Å². The third kappa shape index (κ3) is 2.20. The van der Waals surface area contributed by atoms with Gasteiger partial charge in [-0.15, -0.1) is 11.3 Å². The van der Waals surface area contributed by atoms with Gasteiger partial charge < -0.3 is 0 Å². The van der Waals surface area contributed by atoms with E-state index in [9.17, 15) is 0 Å². The van der Waals surface area contributed by atoms with Crippen LogP contribution in [0.1, 0.15) is 10.6 Å². The molecule has 0 atom stereocenters. The van der Waals surface area contributed by atoms with Crippen molar-refractivity contribution in [1.29, 1.82) is 0 Å².